The summed E-state index contributed by atoms with van der Waals surface area (Å²) in [5.74, 6) is -0.964. The van der Waals surface area contributed by atoms with Gasteiger partial charge in [0.1, 0.15) is 0 Å². The predicted molar refractivity (Wildman–Crippen MR) is 36.2 cm³/mol. The van der Waals surface area contributed by atoms with Gasteiger partial charge in [0.2, 0.25) is 0 Å². The average Bonchev–Trinajstić information content (AvgIpc) is 1.84. The molecule has 0 aliphatic rings. The molecule has 4 nitrogen and oxygen atoms in total. The van der Waals surface area contributed by atoms with Crippen LogP contribution >= 0.6 is 0 Å². The predicted octanol–water partition coefficient (Wildman–Crippen LogP) is -0.554. The molecule has 0 unspecified atom stereocenters. The van der Waals surface area contributed by atoms with Gasteiger partial charge in [0.15, 0.2) is 0 Å². The van der Waals surface area contributed by atoms with Gasteiger partial charge in [0.05, 0.1) is 0 Å². The van der Waals surface area contributed by atoms with Crippen molar-refractivity contribution < 1.29 is 14.6 Å². The Morgan fingerprint density at radius 3 is 2.50 bits per heavy atom. The summed E-state index contributed by atoms with van der Waals surface area (Å²) in [5.41, 5.74) is -1.01. The second-order valence-electron chi connectivity index (χ2n) is 2.48. The van der Waals surface area contributed by atoms with Crippen LogP contribution < -0.4 is 5.32 Å². The molecule has 0 saturated heterocycles. The van der Waals surface area contributed by atoms with Crippen molar-refractivity contribution in [2.24, 2.45) is 0 Å². The number of aliphatic carboxylic acids is 1. The van der Waals surface area contributed by atoms with Crippen molar-refractivity contribution in [3.05, 3.63) is 0 Å². The van der Waals surface area contributed by atoms with Gasteiger partial charge in [0.25, 0.3) is 0 Å². The Bertz CT molecular complexity index is 146. The molecular weight excluding hydrogens is 133 g/mol. The molecule has 5 heteroatoms. The Morgan fingerprint density at radius 1 is 1.70 bits per heavy atom. The van der Waals surface area contributed by atoms with Crippen molar-refractivity contribution in [1.82, 2.24) is 5.32 Å². The third kappa shape index (κ3) is 2.73. The van der Waals surface area contributed by atoms with Crippen LogP contribution in [0.5, 0.6) is 0 Å². The van der Waals surface area contributed by atoms with Crippen LogP contribution in [0.1, 0.15) is 13.8 Å². The Labute approximate surface area is 59.9 Å². The molecule has 0 bridgehead atoms. The van der Waals surface area contributed by atoms with E-state index >= 15 is 0 Å². The molecule has 0 aromatic heterocycles. The molecule has 0 saturated carbocycles. The molecule has 0 amide bonds. The molecule has 0 atom stereocenters. The summed E-state index contributed by atoms with van der Waals surface area (Å²) < 4.78 is 9.82. The third-order valence-corrected chi connectivity index (χ3v) is 1.16. The zero-order valence-electron chi connectivity index (χ0n) is 6.05. The fourth-order valence-electron chi connectivity index (χ4n) is 0.372. The summed E-state index contributed by atoms with van der Waals surface area (Å²) in [6.45, 7) is 3.00. The van der Waals surface area contributed by atoms with E-state index in [1.54, 1.807) is 0 Å². The fourth-order valence-corrected chi connectivity index (χ4v) is 0.372. The monoisotopic (exact) mass is 143 g/mol. The summed E-state index contributed by atoms with van der Waals surface area (Å²) in [5, 5.41) is 11.0. The normalized spacial score (nSPS) is 10.6. The molecule has 0 aliphatic heterocycles. The minimum absolute atomic E-state index is 0.0687. The van der Waals surface area contributed by atoms with Crippen LogP contribution in [0.2, 0.25) is 0 Å². The summed E-state index contributed by atoms with van der Waals surface area (Å²) in [6.07, 6.45) is 0.0687. The second-order valence-corrected chi connectivity index (χ2v) is 2.48. The molecule has 0 fully saturated rings. The first-order valence-corrected chi connectivity index (χ1v) is 2.93. The fraction of sp³-hybridized carbons (Fsp3) is 0.800. The SMILES string of the molecule is CC(C)(NCB=O)C(=O)O. The van der Waals surface area contributed by atoms with Gasteiger partial charge in [0, 0.05) is 0 Å². The molecule has 0 aliphatic carbocycles. The van der Waals surface area contributed by atoms with Crippen molar-refractivity contribution in [2.75, 3.05) is 6.44 Å². The molecular formula is C5H10BNO3. The number of nitrogens with one attached hydrogen (secondary N) is 1. The Hall–Kier alpha value is -0.705. The van der Waals surface area contributed by atoms with Gasteiger partial charge in [-0.25, -0.2) is 0 Å². The maximum atomic E-state index is 10.3. The zero-order valence-corrected chi connectivity index (χ0v) is 6.05. The van der Waals surface area contributed by atoms with Gasteiger partial charge >= 0.3 is 58.9 Å². The molecule has 56 valence electrons. The number of hydrogen-bond acceptors (Lipinski definition) is 3. The number of rotatable bonds is 4. The molecule has 0 aromatic carbocycles. The van der Waals surface area contributed by atoms with E-state index < -0.39 is 11.5 Å². The third-order valence-electron chi connectivity index (χ3n) is 1.16. The van der Waals surface area contributed by atoms with Crippen LogP contribution in [0, 0.1) is 0 Å². The van der Waals surface area contributed by atoms with E-state index in [1.807, 2.05) is 0 Å². The van der Waals surface area contributed by atoms with E-state index in [0.717, 1.165) is 0 Å². The van der Waals surface area contributed by atoms with Gasteiger partial charge in [-0.05, 0) is 0 Å². The van der Waals surface area contributed by atoms with E-state index in [-0.39, 0.29) is 6.44 Å². The number of carbonyl (C=O) groups is 1. The van der Waals surface area contributed by atoms with Crippen LogP contribution in [-0.2, 0) is 9.50 Å². The van der Waals surface area contributed by atoms with Crippen molar-refractivity contribution in [3.63, 3.8) is 0 Å². The molecule has 0 radical (unpaired) electrons. The molecule has 0 aromatic rings. The van der Waals surface area contributed by atoms with Gasteiger partial charge in [-0.15, -0.1) is 0 Å². The van der Waals surface area contributed by atoms with Gasteiger partial charge in [-0.1, -0.05) is 0 Å². The van der Waals surface area contributed by atoms with E-state index in [9.17, 15) is 9.50 Å². The zero-order chi connectivity index (χ0) is 8.20. The van der Waals surface area contributed by atoms with E-state index in [4.69, 9.17) is 5.11 Å². The summed E-state index contributed by atoms with van der Waals surface area (Å²) in [4.78, 5) is 10.3. The molecule has 0 heterocycles. The van der Waals surface area contributed by atoms with Gasteiger partial charge in [-0.2, -0.15) is 0 Å². The van der Waals surface area contributed by atoms with Crippen molar-refractivity contribution in [1.29, 1.82) is 0 Å². The summed E-state index contributed by atoms with van der Waals surface area (Å²) in [7, 11) is 0.630. The number of carboxylic acid groups (broad SMARTS) is 1. The molecule has 10 heavy (non-hydrogen) atoms. The maximum absolute atomic E-state index is 10.3. The van der Waals surface area contributed by atoms with Crippen LogP contribution in [0.4, 0.5) is 0 Å². The summed E-state index contributed by atoms with van der Waals surface area (Å²) in [6, 6.07) is 0. The number of carboxylic acids is 1. The van der Waals surface area contributed by atoms with Gasteiger partial charge < -0.3 is 0 Å². The topological polar surface area (TPSA) is 66.4 Å². The first-order chi connectivity index (χ1) is 4.50. The molecule has 0 spiro atoms. The quantitative estimate of drug-likeness (QED) is 0.518. The van der Waals surface area contributed by atoms with Crippen molar-refractivity contribution in [2.45, 2.75) is 19.4 Å². The summed E-state index contributed by atoms with van der Waals surface area (Å²) >= 11 is 0. The molecule has 0 rings (SSSR count). The van der Waals surface area contributed by atoms with Crippen LogP contribution in [0.15, 0.2) is 0 Å². The van der Waals surface area contributed by atoms with Crippen LogP contribution in [-0.4, -0.2) is 30.2 Å². The Kier molecular flexibility index (Phi) is 3.22. The minimum atomic E-state index is -1.01. The number of hydrogen-bond donors (Lipinski definition) is 2. The first-order valence-electron chi connectivity index (χ1n) is 2.93. The Balaban J connectivity index is 3.86. The van der Waals surface area contributed by atoms with Crippen molar-refractivity contribution >= 4 is 13.1 Å². The van der Waals surface area contributed by atoms with E-state index in [2.05, 4.69) is 5.32 Å². The van der Waals surface area contributed by atoms with Gasteiger partial charge in [-0.3, -0.25) is 0 Å². The van der Waals surface area contributed by atoms with Crippen LogP contribution in [0.3, 0.4) is 0 Å². The van der Waals surface area contributed by atoms with E-state index in [1.165, 1.54) is 13.8 Å². The average molecular weight is 143 g/mol. The van der Waals surface area contributed by atoms with Crippen LogP contribution in [0.25, 0.3) is 0 Å². The second kappa shape index (κ2) is 3.46. The standard InChI is InChI=1S/C5H10BNO3/c1-5(2,4(8)9)7-3-6-10/h7H,3H2,1-2H3,(H,8,9). The Morgan fingerprint density at radius 2 is 2.20 bits per heavy atom. The van der Waals surface area contributed by atoms with Crippen molar-refractivity contribution in [3.8, 4) is 0 Å². The van der Waals surface area contributed by atoms with E-state index in [0.29, 0.717) is 7.15 Å². The first kappa shape index (κ1) is 9.29. The molecule has 2 N–H and O–H groups in total.